The lowest BCUT2D eigenvalue weighted by Crippen LogP contribution is -2.42. The molecule has 4 rings (SSSR count). The SMILES string of the molecule is CCN(C(=O)CSc1nnc(-c2ccc(Cl)cc2)n1-c1ccccc1)C1CCS(=O)(=O)C1. The monoisotopic (exact) mass is 490 g/mol. The fraction of sp³-hybridized carbons (Fsp3) is 0.318. The first-order chi connectivity index (χ1) is 15.4. The van der Waals surface area contributed by atoms with E-state index in [-0.39, 0.29) is 29.2 Å². The standard InChI is InChI=1S/C22H23ClN4O3S2/c1-2-26(19-12-13-32(29,30)15-19)20(28)14-31-22-25-24-21(16-8-10-17(23)11-9-16)27(22)18-6-4-3-5-7-18/h3-11,19H,2,12-15H2,1H3. The van der Waals surface area contributed by atoms with Crippen molar-refractivity contribution in [2.75, 3.05) is 23.8 Å². The summed E-state index contributed by atoms with van der Waals surface area (Å²) in [6.45, 7) is 2.35. The molecule has 10 heteroatoms. The highest BCUT2D eigenvalue weighted by Crippen LogP contribution is 2.29. The van der Waals surface area contributed by atoms with Crippen molar-refractivity contribution in [3.63, 3.8) is 0 Å². The minimum absolute atomic E-state index is 0.0398. The van der Waals surface area contributed by atoms with E-state index in [1.165, 1.54) is 11.8 Å². The summed E-state index contributed by atoms with van der Waals surface area (Å²) < 4.78 is 25.6. The Balaban J connectivity index is 1.58. The smallest absolute Gasteiger partial charge is 0.233 e. The molecule has 1 unspecified atom stereocenters. The molecule has 32 heavy (non-hydrogen) atoms. The minimum atomic E-state index is -3.06. The second-order valence-corrected chi connectivity index (χ2v) is 11.1. The molecule has 1 fully saturated rings. The number of carbonyl (C=O) groups excluding carboxylic acids is 1. The Bertz CT molecular complexity index is 1200. The zero-order valence-electron chi connectivity index (χ0n) is 17.5. The average molecular weight is 491 g/mol. The molecule has 0 aliphatic carbocycles. The summed E-state index contributed by atoms with van der Waals surface area (Å²) in [6.07, 6.45) is 0.494. The largest absolute Gasteiger partial charge is 0.338 e. The number of sulfone groups is 1. The molecule has 0 N–H and O–H groups in total. The molecule has 7 nitrogen and oxygen atoms in total. The Morgan fingerprint density at radius 2 is 1.88 bits per heavy atom. The highest BCUT2D eigenvalue weighted by atomic mass is 35.5. The lowest BCUT2D eigenvalue weighted by Gasteiger charge is -2.26. The average Bonchev–Trinajstić information content (AvgIpc) is 3.37. The van der Waals surface area contributed by atoms with Crippen molar-refractivity contribution >= 4 is 39.1 Å². The number of halogens is 1. The van der Waals surface area contributed by atoms with Crippen LogP contribution in [-0.4, -0.2) is 63.8 Å². The number of thioether (sulfide) groups is 1. The molecule has 1 aliphatic heterocycles. The molecular weight excluding hydrogens is 468 g/mol. The maximum Gasteiger partial charge on any atom is 0.233 e. The molecular formula is C22H23ClN4O3S2. The van der Waals surface area contributed by atoms with Gasteiger partial charge in [-0.05, 0) is 49.7 Å². The van der Waals surface area contributed by atoms with Crippen LogP contribution in [0.1, 0.15) is 13.3 Å². The zero-order valence-corrected chi connectivity index (χ0v) is 19.9. The van der Waals surface area contributed by atoms with Crippen LogP contribution in [0.4, 0.5) is 0 Å². The predicted octanol–water partition coefficient (Wildman–Crippen LogP) is 3.72. The Kier molecular flexibility index (Phi) is 6.88. The molecule has 0 radical (unpaired) electrons. The zero-order chi connectivity index (χ0) is 22.7. The second-order valence-electron chi connectivity index (χ2n) is 7.51. The number of benzene rings is 2. The van der Waals surface area contributed by atoms with E-state index >= 15 is 0 Å². The number of amides is 1. The van der Waals surface area contributed by atoms with E-state index in [2.05, 4.69) is 10.2 Å². The van der Waals surface area contributed by atoms with Gasteiger partial charge >= 0.3 is 0 Å². The van der Waals surface area contributed by atoms with Crippen LogP contribution in [0.3, 0.4) is 0 Å². The van der Waals surface area contributed by atoms with Gasteiger partial charge < -0.3 is 4.90 Å². The second kappa shape index (κ2) is 9.64. The fourth-order valence-corrected chi connectivity index (χ4v) is 6.52. The third-order valence-electron chi connectivity index (χ3n) is 5.39. The third kappa shape index (κ3) is 5.00. The molecule has 168 valence electrons. The van der Waals surface area contributed by atoms with Crippen molar-refractivity contribution in [1.29, 1.82) is 0 Å². The Labute approximate surface area is 196 Å². The molecule has 2 heterocycles. The number of hydrogen-bond donors (Lipinski definition) is 0. The van der Waals surface area contributed by atoms with Crippen LogP contribution in [0.5, 0.6) is 0 Å². The normalized spacial score (nSPS) is 17.4. The number of hydrogen-bond acceptors (Lipinski definition) is 6. The number of para-hydroxylation sites is 1. The summed E-state index contributed by atoms with van der Waals surface area (Å²) in [7, 11) is -3.06. The number of rotatable bonds is 7. The molecule has 1 saturated heterocycles. The van der Waals surface area contributed by atoms with Gasteiger partial charge in [0, 0.05) is 28.9 Å². The first kappa shape index (κ1) is 22.8. The van der Waals surface area contributed by atoms with Crippen LogP contribution in [0.2, 0.25) is 5.02 Å². The van der Waals surface area contributed by atoms with Gasteiger partial charge in [-0.15, -0.1) is 10.2 Å². The number of aromatic nitrogens is 3. The first-order valence-electron chi connectivity index (χ1n) is 10.3. The Morgan fingerprint density at radius 1 is 1.16 bits per heavy atom. The minimum Gasteiger partial charge on any atom is -0.338 e. The summed E-state index contributed by atoms with van der Waals surface area (Å²) in [6, 6.07) is 16.8. The van der Waals surface area contributed by atoms with Crippen LogP contribution in [0.15, 0.2) is 59.8 Å². The van der Waals surface area contributed by atoms with E-state index in [9.17, 15) is 13.2 Å². The quantitative estimate of drug-likeness (QED) is 0.469. The van der Waals surface area contributed by atoms with E-state index < -0.39 is 9.84 Å². The molecule has 1 atom stereocenters. The van der Waals surface area contributed by atoms with Gasteiger partial charge in [-0.25, -0.2) is 8.42 Å². The third-order valence-corrected chi connectivity index (χ3v) is 8.30. The van der Waals surface area contributed by atoms with Gasteiger partial charge in [0.05, 0.1) is 17.3 Å². The van der Waals surface area contributed by atoms with Gasteiger partial charge in [0.25, 0.3) is 0 Å². The predicted molar refractivity (Wildman–Crippen MR) is 127 cm³/mol. The van der Waals surface area contributed by atoms with Gasteiger partial charge in [0.1, 0.15) is 0 Å². The Morgan fingerprint density at radius 3 is 2.50 bits per heavy atom. The highest BCUT2D eigenvalue weighted by molar-refractivity contribution is 7.99. The van der Waals surface area contributed by atoms with E-state index in [4.69, 9.17) is 11.6 Å². The molecule has 1 aromatic heterocycles. The lowest BCUT2D eigenvalue weighted by molar-refractivity contribution is -0.129. The molecule has 0 bridgehead atoms. The van der Waals surface area contributed by atoms with Crippen LogP contribution < -0.4 is 0 Å². The molecule has 0 saturated carbocycles. The Hall–Kier alpha value is -2.36. The van der Waals surface area contributed by atoms with Crippen molar-refractivity contribution in [2.45, 2.75) is 24.5 Å². The molecule has 2 aromatic carbocycles. The van der Waals surface area contributed by atoms with E-state index in [0.29, 0.717) is 29.0 Å². The van der Waals surface area contributed by atoms with Crippen LogP contribution in [0.25, 0.3) is 17.1 Å². The van der Waals surface area contributed by atoms with Crippen molar-refractivity contribution in [3.05, 3.63) is 59.6 Å². The highest BCUT2D eigenvalue weighted by Gasteiger charge is 2.34. The summed E-state index contributed by atoms with van der Waals surface area (Å²) in [5, 5.41) is 9.94. The first-order valence-corrected chi connectivity index (χ1v) is 13.5. The van der Waals surface area contributed by atoms with E-state index in [1.807, 2.05) is 54.0 Å². The molecule has 1 aliphatic rings. The molecule has 1 amide bonds. The number of carbonyl (C=O) groups is 1. The molecule has 0 spiro atoms. The topological polar surface area (TPSA) is 85.2 Å². The lowest BCUT2D eigenvalue weighted by atomic mass is 10.2. The van der Waals surface area contributed by atoms with Gasteiger partial charge in [-0.2, -0.15) is 0 Å². The van der Waals surface area contributed by atoms with Gasteiger partial charge in [-0.3, -0.25) is 9.36 Å². The fourth-order valence-electron chi connectivity index (χ4n) is 3.83. The molecule has 3 aromatic rings. The van der Waals surface area contributed by atoms with Crippen LogP contribution in [0, 0.1) is 0 Å². The van der Waals surface area contributed by atoms with Crippen molar-refractivity contribution in [3.8, 4) is 17.1 Å². The summed E-state index contributed by atoms with van der Waals surface area (Å²) >= 11 is 7.33. The van der Waals surface area contributed by atoms with Crippen molar-refractivity contribution in [2.24, 2.45) is 0 Å². The van der Waals surface area contributed by atoms with Gasteiger partial charge in [0.2, 0.25) is 5.91 Å². The maximum absolute atomic E-state index is 12.9. The van der Waals surface area contributed by atoms with Crippen LogP contribution >= 0.6 is 23.4 Å². The van der Waals surface area contributed by atoms with E-state index in [1.54, 1.807) is 17.0 Å². The van der Waals surface area contributed by atoms with Gasteiger partial charge in [0.15, 0.2) is 20.8 Å². The summed E-state index contributed by atoms with van der Waals surface area (Å²) in [4.78, 5) is 14.6. The summed E-state index contributed by atoms with van der Waals surface area (Å²) in [5.74, 6) is 0.877. The maximum atomic E-state index is 12.9. The van der Waals surface area contributed by atoms with Gasteiger partial charge in [-0.1, -0.05) is 41.6 Å². The van der Waals surface area contributed by atoms with Crippen molar-refractivity contribution < 1.29 is 13.2 Å². The van der Waals surface area contributed by atoms with Crippen LogP contribution in [-0.2, 0) is 14.6 Å². The summed E-state index contributed by atoms with van der Waals surface area (Å²) in [5.41, 5.74) is 1.74. The van der Waals surface area contributed by atoms with Crippen molar-refractivity contribution in [1.82, 2.24) is 19.7 Å². The van der Waals surface area contributed by atoms with E-state index in [0.717, 1.165) is 11.3 Å². The number of nitrogens with zero attached hydrogens (tertiary/aromatic N) is 4.